The largest absolute Gasteiger partial charge is 0.365 e. The van der Waals surface area contributed by atoms with Gasteiger partial charge in [0, 0.05) is 34.3 Å². The Kier molecular flexibility index (Phi) is 6.24. The van der Waals surface area contributed by atoms with Crippen LogP contribution in [-0.2, 0) is 6.54 Å². The fraction of sp³-hybridized carbons (Fsp3) is 0.0741. The summed E-state index contributed by atoms with van der Waals surface area (Å²) in [5, 5.41) is 6.41. The van der Waals surface area contributed by atoms with E-state index in [2.05, 4.69) is 68.1 Å². The molecule has 2 aromatic carbocycles. The molecule has 0 saturated heterocycles. The summed E-state index contributed by atoms with van der Waals surface area (Å²) in [7, 11) is 0. The summed E-state index contributed by atoms with van der Waals surface area (Å²) >= 11 is 11.4. The number of halogens is 2. The van der Waals surface area contributed by atoms with Crippen LogP contribution in [0.5, 0.6) is 0 Å². The molecule has 0 fully saturated rings. The van der Waals surface area contributed by atoms with E-state index in [0.29, 0.717) is 6.54 Å². The quantitative estimate of drug-likeness (QED) is 0.239. The van der Waals surface area contributed by atoms with Crippen LogP contribution in [0, 0.1) is 18.8 Å². The lowest BCUT2D eigenvalue weighted by Crippen LogP contribution is -2.03. The monoisotopic (exact) mass is 531 g/mol. The molecule has 0 saturated carbocycles. The maximum Gasteiger partial charge on any atom is 0.153 e. The molecule has 3 aromatic heterocycles. The van der Waals surface area contributed by atoms with E-state index in [0.717, 1.165) is 53.8 Å². The van der Waals surface area contributed by atoms with Crippen molar-refractivity contribution < 1.29 is 0 Å². The second kappa shape index (κ2) is 9.44. The van der Waals surface area contributed by atoms with E-state index in [1.54, 1.807) is 11.3 Å². The number of pyridine rings is 1. The number of rotatable bonds is 4. The predicted molar refractivity (Wildman–Crippen MR) is 142 cm³/mol. The van der Waals surface area contributed by atoms with Crippen molar-refractivity contribution in [2.75, 3.05) is 5.32 Å². The smallest absolute Gasteiger partial charge is 0.153 e. The van der Waals surface area contributed by atoms with Gasteiger partial charge in [-0.05, 0) is 70.4 Å². The second-order valence-electron chi connectivity index (χ2n) is 7.66. The van der Waals surface area contributed by atoms with Gasteiger partial charge in [-0.3, -0.25) is 4.40 Å². The minimum absolute atomic E-state index is 0.662. The number of nitrogens with one attached hydrogen (secondary N) is 1. The van der Waals surface area contributed by atoms with Gasteiger partial charge in [0.1, 0.15) is 11.5 Å². The Bertz CT molecular complexity index is 1490. The highest BCUT2D eigenvalue weighted by Crippen LogP contribution is 2.35. The zero-order valence-corrected chi connectivity index (χ0v) is 20.9. The predicted octanol–water partition coefficient (Wildman–Crippen LogP) is 7.80. The third-order valence-corrected chi connectivity index (χ3v) is 6.92. The Morgan fingerprint density at radius 1 is 1.03 bits per heavy atom. The summed E-state index contributed by atoms with van der Waals surface area (Å²) in [5.41, 5.74) is 6.06. The maximum absolute atomic E-state index is 6.05. The molecule has 0 unspecified atom stereocenters. The fourth-order valence-corrected chi connectivity index (χ4v) is 5.15. The molecule has 6 heteroatoms. The third kappa shape index (κ3) is 4.84. The van der Waals surface area contributed by atoms with Crippen molar-refractivity contribution >= 4 is 50.3 Å². The van der Waals surface area contributed by atoms with Gasteiger partial charge in [0.25, 0.3) is 0 Å². The molecular weight excluding hydrogens is 514 g/mol. The van der Waals surface area contributed by atoms with Gasteiger partial charge in [-0.15, -0.1) is 11.3 Å². The molecule has 3 heterocycles. The van der Waals surface area contributed by atoms with E-state index in [4.69, 9.17) is 16.6 Å². The minimum Gasteiger partial charge on any atom is -0.365 e. The van der Waals surface area contributed by atoms with E-state index in [1.165, 1.54) is 0 Å². The van der Waals surface area contributed by atoms with Crippen molar-refractivity contribution in [2.24, 2.45) is 0 Å². The number of anilines is 1. The van der Waals surface area contributed by atoms with Gasteiger partial charge in [-0.1, -0.05) is 53.8 Å². The highest BCUT2D eigenvalue weighted by Gasteiger charge is 2.18. The molecule has 162 valence electrons. The highest BCUT2D eigenvalue weighted by molar-refractivity contribution is 9.10. The van der Waals surface area contributed by atoms with Crippen molar-refractivity contribution in [1.82, 2.24) is 9.38 Å². The van der Waals surface area contributed by atoms with Gasteiger partial charge in [-0.25, -0.2) is 4.98 Å². The first-order valence-electron chi connectivity index (χ1n) is 10.4. The molecule has 0 amide bonds. The Morgan fingerprint density at radius 2 is 1.79 bits per heavy atom. The lowest BCUT2D eigenvalue weighted by molar-refractivity contribution is 1.07. The van der Waals surface area contributed by atoms with Gasteiger partial charge in [0.2, 0.25) is 0 Å². The normalized spacial score (nSPS) is 10.8. The summed E-state index contributed by atoms with van der Waals surface area (Å²) < 4.78 is 3.07. The molecule has 33 heavy (non-hydrogen) atoms. The number of benzene rings is 2. The van der Waals surface area contributed by atoms with Crippen molar-refractivity contribution in [2.45, 2.75) is 13.5 Å². The van der Waals surface area contributed by atoms with Crippen LogP contribution in [0.1, 0.15) is 22.3 Å². The van der Waals surface area contributed by atoms with Crippen LogP contribution in [-0.4, -0.2) is 9.38 Å². The first kappa shape index (κ1) is 21.8. The number of thiophene rings is 1. The summed E-state index contributed by atoms with van der Waals surface area (Å²) in [6.07, 6.45) is 2.10. The molecule has 1 N–H and O–H groups in total. The van der Waals surface area contributed by atoms with Gasteiger partial charge in [0.05, 0.1) is 9.35 Å². The summed E-state index contributed by atoms with van der Waals surface area (Å²) in [6, 6.07) is 22.1. The molecule has 3 nitrogen and oxygen atoms in total. The molecule has 0 bridgehead atoms. The van der Waals surface area contributed by atoms with Gasteiger partial charge in [-0.2, -0.15) is 0 Å². The lowest BCUT2D eigenvalue weighted by Gasteiger charge is -2.09. The highest BCUT2D eigenvalue weighted by atomic mass is 79.9. The standard InChI is InChI=1S/C27H19BrClN3S/c1-18-13-23(28)26-31-25(24-14-21(17-33-24)8-7-19-5-3-2-4-6-19)27(32(26)16-18)30-15-20-9-11-22(29)12-10-20/h2-6,9-14,16-17,30H,15H2,1H3. The van der Waals surface area contributed by atoms with Crippen molar-refractivity contribution in [1.29, 1.82) is 0 Å². The lowest BCUT2D eigenvalue weighted by atomic mass is 10.2. The number of aryl methyl sites for hydroxylation is 1. The summed E-state index contributed by atoms with van der Waals surface area (Å²) in [5.74, 6) is 7.46. The van der Waals surface area contributed by atoms with E-state index >= 15 is 0 Å². The zero-order valence-electron chi connectivity index (χ0n) is 17.8. The van der Waals surface area contributed by atoms with Crippen LogP contribution in [0.25, 0.3) is 16.2 Å². The van der Waals surface area contributed by atoms with Crippen LogP contribution in [0.3, 0.4) is 0 Å². The fourth-order valence-electron chi connectivity index (χ4n) is 3.55. The molecule has 0 spiro atoms. The first-order valence-corrected chi connectivity index (χ1v) is 12.4. The summed E-state index contributed by atoms with van der Waals surface area (Å²) in [4.78, 5) is 6.05. The van der Waals surface area contributed by atoms with Crippen molar-refractivity contribution in [3.05, 3.63) is 110 Å². The average molecular weight is 533 g/mol. The second-order valence-corrected chi connectivity index (χ2v) is 9.87. The number of hydrogen-bond donors (Lipinski definition) is 1. The van der Waals surface area contributed by atoms with Crippen molar-refractivity contribution in [3.63, 3.8) is 0 Å². The topological polar surface area (TPSA) is 29.3 Å². The van der Waals surface area contributed by atoms with Crippen LogP contribution in [0.4, 0.5) is 5.82 Å². The average Bonchev–Trinajstić information content (AvgIpc) is 3.43. The Hall–Kier alpha value is -3.04. The maximum atomic E-state index is 6.05. The van der Waals surface area contributed by atoms with E-state index in [1.807, 2.05) is 54.6 Å². The Morgan fingerprint density at radius 3 is 2.58 bits per heavy atom. The van der Waals surface area contributed by atoms with E-state index in [-0.39, 0.29) is 0 Å². The molecule has 0 aliphatic heterocycles. The van der Waals surface area contributed by atoms with Crippen LogP contribution in [0.15, 0.2) is 82.8 Å². The number of aromatic nitrogens is 2. The third-order valence-electron chi connectivity index (χ3n) is 5.14. The van der Waals surface area contributed by atoms with Crippen molar-refractivity contribution in [3.8, 4) is 22.4 Å². The van der Waals surface area contributed by atoms with E-state index < -0.39 is 0 Å². The summed E-state index contributed by atoms with van der Waals surface area (Å²) in [6.45, 7) is 2.74. The molecule has 0 atom stereocenters. The SMILES string of the molecule is Cc1cc(Br)c2nc(-c3cc(C#Cc4ccccc4)cs3)c(NCc3ccc(Cl)cc3)n2c1. The van der Waals surface area contributed by atoms with Gasteiger partial charge in [0.15, 0.2) is 5.65 Å². The van der Waals surface area contributed by atoms with Gasteiger partial charge >= 0.3 is 0 Å². The molecule has 0 aliphatic rings. The Labute approximate surface area is 210 Å². The number of fused-ring (bicyclic) bond motifs is 1. The molecule has 0 aliphatic carbocycles. The minimum atomic E-state index is 0.662. The van der Waals surface area contributed by atoms with Crippen LogP contribution in [0.2, 0.25) is 5.02 Å². The zero-order chi connectivity index (χ0) is 22.8. The van der Waals surface area contributed by atoms with E-state index in [9.17, 15) is 0 Å². The first-order chi connectivity index (χ1) is 16.1. The number of imidazole rings is 1. The molecule has 0 radical (unpaired) electrons. The number of nitrogens with zero attached hydrogens (tertiary/aromatic N) is 2. The Balaban J connectivity index is 1.53. The number of hydrogen-bond acceptors (Lipinski definition) is 3. The van der Waals surface area contributed by atoms with Gasteiger partial charge < -0.3 is 5.32 Å². The van der Waals surface area contributed by atoms with Crippen LogP contribution < -0.4 is 5.32 Å². The van der Waals surface area contributed by atoms with Crippen LogP contribution >= 0.6 is 38.9 Å². The molecule has 5 aromatic rings. The molecular formula is C27H19BrClN3S. The molecule has 5 rings (SSSR count).